The van der Waals surface area contributed by atoms with E-state index >= 15 is 0 Å². The third-order valence-electron chi connectivity index (χ3n) is 8.25. The Morgan fingerprint density at radius 3 is 0.517 bits per heavy atom. The lowest BCUT2D eigenvalue weighted by Crippen LogP contribution is -2.90. The Morgan fingerprint density at radius 1 is 0.345 bits per heavy atom. The highest BCUT2D eigenvalue weighted by Crippen LogP contribution is 2.73. The van der Waals surface area contributed by atoms with E-state index in [4.69, 9.17) is 9.76 Å². The maximum Gasteiger partial charge on any atom is 0.0577 e. The molecule has 0 aromatic carbocycles. The summed E-state index contributed by atoms with van der Waals surface area (Å²) in [5.74, 6) is 0. The highest BCUT2D eigenvalue weighted by Gasteiger charge is 2.78. The summed E-state index contributed by atoms with van der Waals surface area (Å²) >= 11 is 0. The van der Waals surface area contributed by atoms with Gasteiger partial charge in [0.25, 0.3) is 0 Å². The van der Waals surface area contributed by atoms with Crippen molar-refractivity contribution in [2.45, 2.75) is 161 Å². The molecule has 0 amide bonds. The Kier molecular flexibility index (Phi) is 7.67. The molecule has 0 aliphatic heterocycles. The molecule has 0 N–H and O–H groups in total. The SMILES string of the molecule is CC(C)(C)[Si](C(C)(C)C)(C(C)(C)C)[Si](C)([Si])[Si](C(C)(C)C)(C(C)(C)C)C(C)(C)C. The lowest BCUT2D eigenvalue weighted by Gasteiger charge is -2.77. The van der Waals surface area contributed by atoms with Crippen LogP contribution in [0.25, 0.3) is 0 Å². The predicted molar refractivity (Wildman–Crippen MR) is 147 cm³/mol. The summed E-state index contributed by atoms with van der Waals surface area (Å²) in [7, 11) is 1.02. The summed E-state index contributed by atoms with van der Waals surface area (Å²) in [6.45, 7) is 47.5. The molecule has 0 spiro atoms. The van der Waals surface area contributed by atoms with Crippen molar-refractivity contribution in [2.75, 3.05) is 0 Å². The Balaban J connectivity index is 8.22. The van der Waals surface area contributed by atoms with Gasteiger partial charge in [0.15, 0.2) is 0 Å². The Bertz CT molecular complexity index is 449. The van der Waals surface area contributed by atoms with E-state index in [0.29, 0.717) is 30.2 Å². The van der Waals surface area contributed by atoms with E-state index in [9.17, 15) is 0 Å². The lowest BCUT2D eigenvalue weighted by molar-refractivity contribution is 0.541. The van der Waals surface area contributed by atoms with E-state index in [0.717, 1.165) is 0 Å². The first kappa shape index (κ1) is 29.9. The highest BCUT2D eigenvalue weighted by atomic mass is 29.9. The summed E-state index contributed by atoms with van der Waals surface area (Å²) in [4.78, 5) is 0. The van der Waals surface area contributed by atoms with E-state index in [2.05, 4.69) is 131 Å². The molecule has 0 fully saturated rings. The van der Waals surface area contributed by atoms with Gasteiger partial charge in [0, 0.05) is 16.4 Å². The monoisotopic (exact) mass is 469 g/mol. The Morgan fingerprint density at radius 2 is 0.448 bits per heavy atom. The van der Waals surface area contributed by atoms with Gasteiger partial charge < -0.3 is 0 Å². The van der Waals surface area contributed by atoms with Crippen molar-refractivity contribution in [3.05, 3.63) is 0 Å². The summed E-state index contributed by atoms with van der Waals surface area (Å²) in [5.41, 5.74) is 0. The van der Waals surface area contributed by atoms with Crippen LogP contribution >= 0.6 is 0 Å². The fourth-order valence-corrected chi connectivity index (χ4v) is 109. The van der Waals surface area contributed by atoms with Crippen molar-refractivity contribution < 1.29 is 0 Å². The topological polar surface area (TPSA) is 0 Å². The van der Waals surface area contributed by atoms with Gasteiger partial charge in [-0.3, -0.25) is 0 Å². The normalized spacial score (nSPS) is 17.0. The van der Waals surface area contributed by atoms with Crippen LogP contribution in [0.15, 0.2) is 0 Å². The van der Waals surface area contributed by atoms with Crippen LogP contribution in [0, 0.1) is 0 Å². The van der Waals surface area contributed by atoms with E-state index in [1.165, 1.54) is 0 Å². The first-order valence-electron chi connectivity index (χ1n) is 11.8. The number of rotatable bonds is 2. The Hall–Kier alpha value is 0.868. The molecule has 0 atom stereocenters. The minimum absolute atomic E-state index is 0.312. The van der Waals surface area contributed by atoms with Gasteiger partial charge in [-0.2, -0.15) is 0 Å². The fraction of sp³-hybridized carbons (Fsp3) is 1.00. The second-order valence-electron chi connectivity index (χ2n) is 16.1. The zero-order valence-electron chi connectivity index (χ0n) is 24.0. The molecule has 0 bridgehead atoms. The van der Waals surface area contributed by atoms with Gasteiger partial charge in [0.1, 0.15) is 0 Å². The molecule has 0 aromatic rings. The molecule has 0 saturated carbocycles. The predicted octanol–water partition coefficient (Wildman–Crippen LogP) is 9.59. The second-order valence-corrected chi connectivity index (χ2v) is 48.4. The van der Waals surface area contributed by atoms with Gasteiger partial charge in [-0.05, 0) is 30.2 Å². The van der Waals surface area contributed by atoms with Gasteiger partial charge in [-0.1, -0.05) is 131 Å². The zero-order valence-corrected chi connectivity index (χ0v) is 28.0. The van der Waals surface area contributed by atoms with Crippen LogP contribution in [0.1, 0.15) is 125 Å². The molecular formula is C25H57Si4. The maximum atomic E-state index is 4.98. The maximum absolute atomic E-state index is 4.98. The largest absolute Gasteiger partial charge is 0.0751 e. The molecular weight excluding hydrogens is 413 g/mol. The van der Waals surface area contributed by atoms with E-state index in [1.54, 1.807) is 0 Å². The van der Waals surface area contributed by atoms with Crippen molar-refractivity contribution >= 4 is 31.6 Å². The van der Waals surface area contributed by atoms with Crippen LogP contribution < -0.4 is 0 Å². The van der Waals surface area contributed by atoms with Gasteiger partial charge in [-0.25, -0.2) is 0 Å². The van der Waals surface area contributed by atoms with Crippen LogP contribution in [-0.2, 0) is 0 Å². The number of hydrogen-bond acceptors (Lipinski definition) is 0. The molecule has 0 heterocycles. The van der Waals surface area contributed by atoms with Crippen molar-refractivity contribution in [1.82, 2.24) is 0 Å². The van der Waals surface area contributed by atoms with Crippen molar-refractivity contribution in [3.63, 3.8) is 0 Å². The minimum Gasteiger partial charge on any atom is -0.0751 e. The summed E-state index contributed by atoms with van der Waals surface area (Å²) in [6, 6.07) is 0. The molecule has 0 aromatic heterocycles. The molecule has 173 valence electrons. The number of hydrogen-bond donors (Lipinski definition) is 0. The molecule has 0 unspecified atom stereocenters. The first-order chi connectivity index (χ1) is 12.0. The fourth-order valence-electron chi connectivity index (χ4n) is 11.5. The van der Waals surface area contributed by atoms with Gasteiger partial charge in [-0.15, -0.1) is 0 Å². The van der Waals surface area contributed by atoms with Crippen molar-refractivity contribution in [1.29, 1.82) is 0 Å². The van der Waals surface area contributed by atoms with Crippen molar-refractivity contribution in [3.8, 4) is 0 Å². The third kappa shape index (κ3) is 3.92. The van der Waals surface area contributed by atoms with Crippen LogP contribution in [0.3, 0.4) is 0 Å². The van der Waals surface area contributed by atoms with Crippen LogP contribution in [0.2, 0.25) is 36.8 Å². The van der Waals surface area contributed by atoms with E-state index in [-0.39, 0.29) is 0 Å². The minimum atomic E-state index is -1.99. The molecule has 29 heavy (non-hydrogen) atoms. The quantitative estimate of drug-likeness (QED) is 0.353. The van der Waals surface area contributed by atoms with E-state index in [1.807, 2.05) is 0 Å². The lowest BCUT2D eigenvalue weighted by atomic mass is 10.2. The van der Waals surface area contributed by atoms with Crippen molar-refractivity contribution in [2.24, 2.45) is 0 Å². The first-order valence-corrected chi connectivity index (χ1v) is 21.8. The molecule has 3 radical (unpaired) electrons. The highest BCUT2D eigenvalue weighted by molar-refractivity contribution is 7.84. The Labute approximate surface area is 192 Å². The average molecular weight is 470 g/mol. The molecule has 0 saturated heterocycles. The molecule has 0 aliphatic carbocycles. The van der Waals surface area contributed by atoms with Gasteiger partial charge >= 0.3 is 0 Å². The standard InChI is InChI=1S/C25H57Si4/c1-20(2,3)28(21(4,5)6,22(7,8)9)27(19,26)29(23(10,11)12,24(13,14)15)25(16,17)18/h1-19H3. The van der Waals surface area contributed by atoms with E-state index < -0.39 is 21.8 Å². The summed E-state index contributed by atoms with van der Waals surface area (Å²) < 4.78 is 0. The molecule has 0 rings (SSSR count). The third-order valence-corrected chi connectivity index (χ3v) is 60.8. The zero-order chi connectivity index (χ0) is 24.5. The van der Waals surface area contributed by atoms with Gasteiger partial charge in [0.2, 0.25) is 0 Å². The molecule has 0 nitrogen and oxygen atoms in total. The molecule has 4 heteroatoms. The second kappa shape index (κ2) is 7.45. The summed E-state index contributed by atoms with van der Waals surface area (Å²) in [5, 5.41) is 1.87. The van der Waals surface area contributed by atoms with Crippen LogP contribution in [0.5, 0.6) is 0 Å². The van der Waals surface area contributed by atoms with Crippen LogP contribution in [-0.4, -0.2) is 31.6 Å². The van der Waals surface area contributed by atoms with Crippen LogP contribution in [0.4, 0.5) is 0 Å². The smallest absolute Gasteiger partial charge is 0.0577 e. The van der Waals surface area contributed by atoms with Gasteiger partial charge in [0.05, 0.1) is 15.2 Å². The molecule has 0 aliphatic rings. The average Bonchev–Trinajstić information content (AvgIpc) is 2.12. The summed E-state index contributed by atoms with van der Waals surface area (Å²) in [6.07, 6.45) is 0.